The fourth-order valence-corrected chi connectivity index (χ4v) is 11.4. The van der Waals surface area contributed by atoms with Gasteiger partial charge in [0.15, 0.2) is 5.78 Å². The average Bonchev–Trinajstić information content (AvgIpc) is 2.82. The molecule has 204 valence electrons. The van der Waals surface area contributed by atoms with Crippen molar-refractivity contribution in [3.63, 3.8) is 0 Å². The molecule has 0 saturated heterocycles. The van der Waals surface area contributed by atoms with Crippen LogP contribution in [0.4, 0.5) is 0 Å². The molecule has 4 saturated carbocycles. The first kappa shape index (κ1) is 27.4. The van der Waals surface area contributed by atoms with Gasteiger partial charge >= 0.3 is 0 Å². The van der Waals surface area contributed by atoms with Gasteiger partial charge in [0.05, 0.1) is 11.7 Å². The minimum absolute atomic E-state index is 0.0470. The third-order valence-electron chi connectivity index (χ3n) is 13.3. The van der Waals surface area contributed by atoms with Crippen LogP contribution < -0.4 is 0 Å². The number of ketones is 2. The number of nitriles is 1. The lowest BCUT2D eigenvalue weighted by molar-refractivity contribution is -0.232. The minimum atomic E-state index is -0.615. The van der Waals surface area contributed by atoms with Crippen molar-refractivity contribution < 1.29 is 14.7 Å². The molecule has 2 unspecified atom stereocenters. The molecule has 0 aromatic carbocycles. The zero-order valence-electron chi connectivity index (χ0n) is 23.9. The molecule has 37 heavy (non-hydrogen) atoms. The quantitative estimate of drug-likeness (QED) is 0.397. The van der Waals surface area contributed by atoms with E-state index in [1.807, 2.05) is 19.9 Å². The minimum Gasteiger partial charge on any atom is -0.391 e. The Morgan fingerprint density at radius 3 is 2.27 bits per heavy atom. The topological polar surface area (TPSA) is 78.2 Å². The standard InChI is InChI=1S/C32H46ClNO3/c1-27(2)10-12-32(24(36)17-33)13-11-31(7)25(20(32)16-27)21(35)14-23-29(5)15-19(18-34)26(37)28(3,4)22(29)8-9-30(23,31)6/h15,20,22-25,36H,8-14,16-17H2,1-7H3/t20-,22+,23?,24?,25+,29+,30-,31-,32+/m1/s1. The van der Waals surface area contributed by atoms with Crippen molar-refractivity contribution in [1.29, 1.82) is 5.26 Å². The van der Waals surface area contributed by atoms with E-state index in [4.69, 9.17) is 11.6 Å². The van der Waals surface area contributed by atoms with Gasteiger partial charge in [-0.1, -0.05) is 54.5 Å². The fourth-order valence-electron chi connectivity index (χ4n) is 11.1. The maximum absolute atomic E-state index is 14.5. The SMILES string of the molecule is CC1(C)CC[C@]2(C(O)CCl)CC[C@]3(C)[C@H](C(=O)CC4[C@@]5(C)C=C(C#N)C(=O)C(C)(C)[C@@H]5CC[C@]43C)[C@H]2C1. The Hall–Kier alpha value is -1.18. The van der Waals surface area contributed by atoms with Gasteiger partial charge in [-0.2, -0.15) is 5.26 Å². The van der Waals surface area contributed by atoms with Gasteiger partial charge in [0, 0.05) is 29.0 Å². The fraction of sp³-hybridized carbons (Fsp3) is 0.844. The van der Waals surface area contributed by atoms with Crippen molar-refractivity contribution in [2.45, 2.75) is 106 Å². The first-order valence-electron chi connectivity index (χ1n) is 14.5. The number of Topliss-reactive ketones (excluding diaryl/α,β-unsaturated/α-hetero) is 2. The smallest absolute Gasteiger partial charge is 0.178 e. The Morgan fingerprint density at radius 2 is 1.65 bits per heavy atom. The van der Waals surface area contributed by atoms with Gasteiger partial charge in [0.2, 0.25) is 0 Å². The molecular weight excluding hydrogens is 482 g/mol. The highest BCUT2D eigenvalue weighted by molar-refractivity contribution is 6.18. The van der Waals surface area contributed by atoms with E-state index in [0.29, 0.717) is 12.2 Å². The van der Waals surface area contributed by atoms with Gasteiger partial charge in [0.1, 0.15) is 11.9 Å². The molecule has 0 aromatic rings. The Bertz CT molecular complexity index is 1100. The number of carbonyl (C=O) groups is 2. The predicted octanol–water partition coefficient (Wildman–Crippen LogP) is 6.89. The third kappa shape index (κ3) is 3.35. The summed E-state index contributed by atoms with van der Waals surface area (Å²) in [6, 6.07) is 2.21. The summed E-state index contributed by atoms with van der Waals surface area (Å²) in [5, 5.41) is 21.2. The molecule has 9 atom stereocenters. The maximum atomic E-state index is 14.5. The number of rotatable bonds is 2. The Balaban J connectivity index is 1.64. The molecule has 0 bridgehead atoms. The zero-order valence-corrected chi connectivity index (χ0v) is 24.7. The van der Waals surface area contributed by atoms with Crippen molar-refractivity contribution in [2.75, 3.05) is 5.88 Å². The van der Waals surface area contributed by atoms with E-state index in [0.717, 1.165) is 44.9 Å². The van der Waals surface area contributed by atoms with Gasteiger partial charge in [-0.25, -0.2) is 0 Å². The number of fused-ring (bicyclic) bond motifs is 7. The van der Waals surface area contributed by atoms with Crippen molar-refractivity contribution in [2.24, 2.45) is 56.2 Å². The highest BCUT2D eigenvalue weighted by Gasteiger charge is 2.72. The van der Waals surface area contributed by atoms with Crippen molar-refractivity contribution >= 4 is 23.2 Å². The number of aliphatic hydroxyl groups excluding tert-OH is 1. The highest BCUT2D eigenvalue weighted by atomic mass is 35.5. The van der Waals surface area contributed by atoms with Crippen LogP contribution in [0.2, 0.25) is 0 Å². The van der Waals surface area contributed by atoms with Gasteiger partial charge in [-0.05, 0) is 84.4 Å². The van der Waals surface area contributed by atoms with Crippen molar-refractivity contribution in [3.05, 3.63) is 11.6 Å². The lowest BCUT2D eigenvalue weighted by Gasteiger charge is -2.72. The summed E-state index contributed by atoms with van der Waals surface area (Å²) in [7, 11) is 0. The summed E-state index contributed by atoms with van der Waals surface area (Å²) in [5.41, 5.74) is -1.15. The maximum Gasteiger partial charge on any atom is 0.178 e. The number of allylic oxidation sites excluding steroid dienone is 2. The molecular formula is C32H46ClNO3. The van der Waals surface area contributed by atoms with E-state index in [9.17, 15) is 20.0 Å². The molecule has 0 aromatic heterocycles. The first-order chi connectivity index (χ1) is 17.0. The summed E-state index contributed by atoms with van der Waals surface area (Å²) in [5.74, 6) is 0.761. The average molecular weight is 528 g/mol. The van der Waals surface area contributed by atoms with Crippen LogP contribution in [-0.2, 0) is 9.59 Å². The normalized spacial score (nSPS) is 48.9. The van der Waals surface area contributed by atoms with E-state index in [1.165, 1.54) is 0 Å². The molecule has 0 spiro atoms. The van der Waals surface area contributed by atoms with Crippen molar-refractivity contribution in [1.82, 2.24) is 0 Å². The molecule has 0 radical (unpaired) electrons. The van der Waals surface area contributed by atoms with E-state index in [1.54, 1.807) is 0 Å². The molecule has 0 amide bonds. The van der Waals surface area contributed by atoms with Crippen LogP contribution in [-0.4, -0.2) is 28.7 Å². The van der Waals surface area contributed by atoms with Gasteiger partial charge < -0.3 is 5.11 Å². The second-order valence-electron chi connectivity index (χ2n) is 15.6. The number of nitrogens with zero attached hydrogens (tertiary/aromatic N) is 1. The molecule has 0 aliphatic heterocycles. The molecule has 5 heteroatoms. The van der Waals surface area contributed by atoms with Crippen LogP contribution >= 0.6 is 11.6 Å². The van der Waals surface area contributed by atoms with Crippen LogP contribution in [0.25, 0.3) is 0 Å². The Morgan fingerprint density at radius 1 is 1.00 bits per heavy atom. The number of carbonyl (C=O) groups excluding carboxylic acids is 2. The van der Waals surface area contributed by atoms with E-state index >= 15 is 0 Å². The van der Waals surface area contributed by atoms with E-state index in [2.05, 4.69) is 40.7 Å². The summed E-state index contributed by atoms with van der Waals surface area (Å²) in [4.78, 5) is 27.7. The van der Waals surface area contributed by atoms with Gasteiger partial charge in [-0.15, -0.1) is 11.6 Å². The number of aliphatic hydroxyl groups is 1. The third-order valence-corrected chi connectivity index (χ3v) is 13.6. The predicted molar refractivity (Wildman–Crippen MR) is 146 cm³/mol. The molecule has 0 heterocycles. The summed E-state index contributed by atoms with van der Waals surface area (Å²) < 4.78 is 0. The largest absolute Gasteiger partial charge is 0.391 e. The second-order valence-corrected chi connectivity index (χ2v) is 15.9. The Kier molecular flexibility index (Phi) is 6.05. The van der Waals surface area contributed by atoms with Crippen LogP contribution in [0, 0.1) is 67.5 Å². The van der Waals surface area contributed by atoms with Crippen LogP contribution in [0.1, 0.15) is 99.8 Å². The lowest BCUT2D eigenvalue weighted by Crippen LogP contribution is -2.69. The van der Waals surface area contributed by atoms with Gasteiger partial charge in [0.25, 0.3) is 0 Å². The first-order valence-corrected chi connectivity index (χ1v) is 15.0. The number of alkyl halides is 1. The second kappa shape index (κ2) is 8.17. The molecule has 5 rings (SSSR count). The van der Waals surface area contributed by atoms with E-state index in [-0.39, 0.29) is 68.0 Å². The van der Waals surface area contributed by atoms with E-state index < -0.39 is 11.5 Å². The molecule has 5 aliphatic rings. The summed E-state index contributed by atoms with van der Waals surface area (Å²) in [6.07, 6.45) is 8.57. The van der Waals surface area contributed by atoms with Gasteiger partial charge in [-0.3, -0.25) is 9.59 Å². The van der Waals surface area contributed by atoms with Crippen LogP contribution in [0.5, 0.6) is 0 Å². The molecule has 4 fully saturated rings. The molecule has 1 N–H and O–H groups in total. The monoisotopic (exact) mass is 527 g/mol. The zero-order chi connectivity index (χ0) is 27.4. The van der Waals surface area contributed by atoms with Crippen LogP contribution in [0.3, 0.4) is 0 Å². The number of hydrogen-bond donors (Lipinski definition) is 1. The highest BCUT2D eigenvalue weighted by Crippen LogP contribution is 2.76. The lowest BCUT2D eigenvalue weighted by atomic mass is 9.31. The number of hydrogen-bond acceptors (Lipinski definition) is 4. The number of halogens is 1. The molecule has 4 nitrogen and oxygen atoms in total. The summed E-state index contributed by atoms with van der Waals surface area (Å²) >= 11 is 6.32. The molecule has 5 aliphatic carbocycles. The van der Waals surface area contributed by atoms with Crippen molar-refractivity contribution in [3.8, 4) is 6.07 Å². The summed E-state index contributed by atoms with van der Waals surface area (Å²) in [6.45, 7) is 15.7. The van der Waals surface area contributed by atoms with Crippen LogP contribution in [0.15, 0.2) is 11.6 Å². The Labute approximate surface area is 228 Å².